The van der Waals surface area contributed by atoms with E-state index in [9.17, 15) is 9.18 Å². The van der Waals surface area contributed by atoms with Crippen molar-refractivity contribution < 1.29 is 13.9 Å². The zero-order chi connectivity index (χ0) is 14.8. The molecule has 0 spiro atoms. The predicted octanol–water partition coefficient (Wildman–Crippen LogP) is 2.62. The highest BCUT2D eigenvalue weighted by Gasteiger charge is 2.26. The first-order valence-corrected chi connectivity index (χ1v) is 6.40. The molecule has 0 N–H and O–H groups in total. The number of para-hydroxylation sites is 2. The first-order valence-electron chi connectivity index (χ1n) is 6.40. The molecule has 3 rings (SSSR count). The van der Waals surface area contributed by atoms with E-state index in [1.54, 1.807) is 18.2 Å². The molecule has 0 radical (unpaired) electrons. The molecule has 2 aromatic carbocycles. The molecule has 0 aliphatic carbocycles. The van der Waals surface area contributed by atoms with E-state index in [2.05, 4.69) is 0 Å². The number of rotatable bonds is 2. The van der Waals surface area contributed by atoms with Crippen LogP contribution in [0.25, 0.3) is 0 Å². The maximum absolute atomic E-state index is 13.9. The molecule has 104 valence electrons. The molecule has 5 heteroatoms. The van der Waals surface area contributed by atoms with Crippen LogP contribution in [0.3, 0.4) is 0 Å². The summed E-state index contributed by atoms with van der Waals surface area (Å²) in [6.07, 6.45) is 0. The van der Waals surface area contributed by atoms with Gasteiger partial charge in [0.1, 0.15) is 11.6 Å². The van der Waals surface area contributed by atoms with Crippen molar-refractivity contribution in [2.24, 2.45) is 0 Å². The number of anilines is 1. The van der Waals surface area contributed by atoms with E-state index in [4.69, 9.17) is 10.00 Å². The van der Waals surface area contributed by atoms with E-state index in [-0.39, 0.29) is 19.1 Å². The Balaban J connectivity index is 1.98. The lowest BCUT2D eigenvalue weighted by molar-refractivity contribution is -0.121. The fourth-order valence-corrected chi connectivity index (χ4v) is 2.26. The summed E-state index contributed by atoms with van der Waals surface area (Å²) in [6.45, 7) is -0.00284. The first-order chi connectivity index (χ1) is 10.2. The van der Waals surface area contributed by atoms with Gasteiger partial charge in [-0.25, -0.2) is 4.39 Å². The fourth-order valence-electron chi connectivity index (χ4n) is 2.26. The van der Waals surface area contributed by atoms with Gasteiger partial charge in [-0.2, -0.15) is 5.26 Å². The number of carbonyl (C=O) groups is 1. The third-order valence-electron chi connectivity index (χ3n) is 3.31. The summed E-state index contributed by atoms with van der Waals surface area (Å²) in [5.41, 5.74) is 1.27. The van der Waals surface area contributed by atoms with Gasteiger partial charge in [0.05, 0.1) is 23.9 Å². The summed E-state index contributed by atoms with van der Waals surface area (Å²) in [4.78, 5) is 13.5. The minimum absolute atomic E-state index is 0.0700. The van der Waals surface area contributed by atoms with E-state index in [1.807, 2.05) is 12.1 Å². The summed E-state index contributed by atoms with van der Waals surface area (Å²) < 4.78 is 19.2. The summed E-state index contributed by atoms with van der Waals surface area (Å²) in [5, 5.41) is 8.90. The Morgan fingerprint density at radius 1 is 1.29 bits per heavy atom. The number of ether oxygens (including phenoxy) is 1. The number of nitrogens with zero attached hydrogens (tertiary/aromatic N) is 2. The summed E-state index contributed by atoms with van der Waals surface area (Å²) in [7, 11) is 0. The van der Waals surface area contributed by atoms with Crippen LogP contribution in [0.4, 0.5) is 10.1 Å². The van der Waals surface area contributed by atoms with Gasteiger partial charge in [0, 0.05) is 5.56 Å². The van der Waals surface area contributed by atoms with Gasteiger partial charge in [0.25, 0.3) is 5.91 Å². The third-order valence-corrected chi connectivity index (χ3v) is 3.31. The van der Waals surface area contributed by atoms with Gasteiger partial charge in [0.15, 0.2) is 6.61 Å². The maximum atomic E-state index is 13.9. The third kappa shape index (κ3) is 2.43. The van der Waals surface area contributed by atoms with Crippen LogP contribution in [-0.4, -0.2) is 12.5 Å². The van der Waals surface area contributed by atoms with Gasteiger partial charge in [0.2, 0.25) is 0 Å². The van der Waals surface area contributed by atoms with Crippen molar-refractivity contribution in [3.8, 4) is 11.8 Å². The number of halogens is 1. The number of nitriles is 1. The van der Waals surface area contributed by atoms with Gasteiger partial charge < -0.3 is 9.64 Å². The highest BCUT2D eigenvalue weighted by atomic mass is 19.1. The average Bonchev–Trinajstić information content (AvgIpc) is 2.52. The smallest absolute Gasteiger partial charge is 0.265 e. The van der Waals surface area contributed by atoms with Crippen LogP contribution < -0.4 is 9.64 Å². The van der Waals surface area contributed by atoms with Crippen LogP contribution in [0.5, 0.6) is 5.75 Å². The van der Waals surface area contributed by atoms with Crippen molar-refractivity contribution >= 4 is 11.6 Å². The zero-order valence-electron chi connectivity index (χ0n) is 11.0. The molecule has 0 saturated carbocycles. The second-order valence-corrected chi connectivity index (χ2v) is 4.65. The molecule has 0 atom stereocenters. The molecule has 21 heavy (non-hydrogen) atoms. The molecule has 0 aromatic heterocycles. The first kappa shape index (κ1) is 13.1. The normalized spacial score (nSPS) is 13.3. The van der Waals surface area contributed by atoms with E-state index in [1.165, 1.54) is 23.1 Å². The van der Waals surface area contributed by atoms with Crippen molar-refractivity contribution in [2.75, 3.05) is 11.5 Å². The zero-order valence-corrected chi connectivity index (χ0v) is 11.0. The lowest BCUT2D eigenvalue weighted by Crippen LogP contribution is -2.38. The van der Waals surface area contributed by atoms with E-state index < -0.39 is 5.82 Å². The standard InChI is InChI=1S/C16H11FN2O2/c17-13-6-5-11(8-18)7-12(13)9-19-14-3-1-2-4-15(14)21-10-16(19)20/h1-7H,9-10H2. The monoisotopic (exact) mass is 282 g/mol. The Morgan fingerprint density at radius 2 is 2.10 bits per heavy atom. The molecule has 4 nitrogen and oxygen atoms in total. The van der Waals surface area contributed by atoms with Crippen LogP contribution in [0.15, 0.2) is 42.5 Å². The molecular formula is C16H11FN2O2. The SMILES string of the molecule is N#Cc1ccc(F)c(CN2C(=O)COc3ccccc32)c1. The van der Waals surface area contributed by atoms with Crippen LogP contribution in [0.1, 0.15) is 11.1 Å². The number of fused-ring (bicyclic) bond motifs is 1. The second kappa shape index (κ2) is 5.25. The highest BCUT2D eigenvalue weighted by molar-refractivity contribution is 5.97. The molecular weight excluding hydrogens is 271 g/mol. The quantitative estimate of drug-likeness (QED) is 0.850. The Kier molecular flexibility index (Phi) is 3.28. The van der Waals surface area contributed by atoms with E-state index in [0.717, 1.165) is 0 Å². The molecule has 1 heterocycles. The van der Waals surface area contributed by atoms with Gasteiger partial charge in [-0.05, 0) is 30.3 Å². The Morgan fingerprint density at radius 3 is 2.90 bits per heavy atom. The minimum Gasteiger partial charge on any atom is -0.482 e. The van der Waals surface area contributed by atoms with Crippen LogP contribution in [0, 0.1) is 17.1 Å². The van der Waals surface area contributed by atoms with Gasteiger partial charge in [-0.1, -0.05) is 12.1 Å². The van der Waals surface area contributed by atoms with Crippen molar-refractivity contribution in [1.82, 2.24) is 0 Å². The van der Waals surface area contributed by atoms with Crippen molar-refractivity contribution in [3.63, 3.8) is 0 Å². The minimum atomic E-state index is -0.439. The Bertz CT molecular complexity index is 752. The van der Waals surface area contributed by atoms with Crippen molar-refractivity contribution in [1.29, 1.82) is 5.26 Å². The molecule has 0 fully saturated rings. The number of hydrogen-bond acceptors (Lipinski definition) is 3. The fraction of sp³-hybridized carbons (Fsp3) is 0.125. The number of hydrogen-bond donors (Lipinski definition) is 0. The second-order valence-electron chi connectivity index (χ2n) is 4.65. The van der Waals surface area contributed by atoms with E-state index in [0.29, 0.717) is 22.6 Å². The number of amides is 1. The van der Waals surface area contributed by atoms with Crippen molar-refractivity contribution in [2.45, 2.75) is 6.54 Å². The summed E-state index contributed by atoms with van der Waals surface area (Å²) in [5.74, 6) is -0.0878. The molecule has 1 aliphatic rings. The molecule has 2 aromatic rings. The average molecular weight is 282 g/mol. The van der Waals surface area contributed by atoms with Crippen LogP contribution in [-0.2, 0) is 11.3 Å². The molecule has 1 aliphatic heterocycles. The largest absolute Gasteiger partial charge is 0.482 e. The number of benzene rings is 2. The highest BCUT2D eigenvalue weighted by Crippen LogP contribution is 2.32. The molecule has 1 amide bonds. The van der Waals surface area contributed by atoms with Gasteiger partial charge >= 0.3 is 0 Å². The Labute approximate surface area is 121 Å². The lowest BCUT2D eigenvalue weighted by Gasteiger charge is -2.29. The molecule has 0 saturated heterocycles. The topological polar surface area (TPSA) is 53.3 Å². The molecule has 0 bridgehead atoms. The number of carbonyl (C=O) groups excluding carboxylic acids is 1. The van der Waals surface area contributed by atoms with Crippen LogP contribution in [0.2, 0.25) is 0 Å². The van der Waals surface area contributed by atoms with Gasteiger partial charge in [-0.3, -0.25) is 4.79 Å². The predicted molar refractivity (Wildman–Crippen MR) is 74.2 cm³/mol. The lowest BCUT2D eigenvalue weighted by atomic mass is 10.1. The maximum Gasteiger partial charge on any atom is 0.265 e. The summed E-state index contributed by atoms with van der Waals surface area (Å²) in [6, 6.07) is 13.2. The van der Waals surface area contributed by atoms with Crippen molar-refractivity contribution in [3.05, 3.63) is 59.4 Å². The summed E-state index contributed by atoms with van der Waals surface area (Å²) >= 11 is 0. The molecule has 0 unspecified atom stereocenters. The van der Waals surface area contributed by atoms with Gasteiger partial charge in [-0.15, -0.1) is 0 Å². The van der Waals surface area contributed by atoms with Crippen LogP contribution >= 0.6 is 0 Å². The van der Waals surface area contributed by atoms with E-state index >= 15 is 0 Å². The Hall–Kier alpha value is -2.87.